The molecule has 1 saturated heterocycles. The lowest BCUT2D eigenvalue weighted by Crippen LogP contribution is -2.53. The van der Waals surface area contributed by atoms with Crippen LogP contribution in [0.15, 0.2) is 24.3 Å². The van der Waals surface area contributed by atoms with Crippen LogP contribution in [0.4, 0.5) is 5.69 Å². The summed E-state index contributed by atoms with van der Waals surface area (Å²) >= 11 is 0. The summed E-state index contributed by atoms with van der Waals surface area (Å²) in [5.41, 5.74) is 0.817. The third-order valence-corrected chi connectivity index (χ3v) is 4.49. The summed E-state index contributed by atoms with van der Waals surface area (Å²) in [5, 5.41) is 2.76. The van der Waals surface area contributed by atoms with Gasteiger partial charge in [-0.25, -0.2) is 9.64 Å². The van der Waals surface area contributed by atoms with Crippen LogP contribution in [-0.4, -0.2) is 48.4 Å². The lowest BCUT2D eigenvalue weighted by molar-refractivity contribution is -0.151. The van der Waals surface area contributed by atoms with E-state index in [1.807, 2.05) is 13.8 Å². The molecule has 0 bridgehead atoms. The van der Waals surface area contributed by atoms with Gasteiger partial charge >= 0.3 is 5.97 Å². The van der Waals surface area contributed by atoms with Crippen molar-refractivity contribution in [1.29, 1.82) is 0 Å². The highest BCUT2D eigenvalue weighted by molar-refractivity contribution is 5.98. The first-order valence-electron chi connectivity index (χ1n) is 8.55. The Kier molecular flexibility index (Phi) is 6.34. The molecule has 138 valence electrons. The number of hydrogen-bond donors (Lipinski definition) is 1. The van der Waals surface area contributed by atoms with Crippen molar-refractivity contribution in [1.82, 2.24) is 10.2 Å². The standard InChI is InChI=1S/C19H23N3O4/c1-12(2)16(18(24)22-11-5-6-15(22)19(25)26-4)21-17(23)13-7-9-14(20-3)10-8-13/h7-10,12,15-16H,5-6,11H2,1-2,4H3,(H,21,23)/t15-,16-/m0/s1. The lowest BCUT2D eigenvalue weighted by Gasteiger charge is -2.29. The molecular formula is C19H23N3O4. The molecular weight excluding hydrogens is 334 g/mol. The molecule has 1 aromatic carbocycles. The van der Waals surface area contributed by atoms with Gasteiger partial charge in [-0.05, 0) is 18.8 Å². The molecule has 1 aliphatic heterocycles. The summed E-state index contributed by atoms with van der Waals surface area (Å²) in [6.07, 6.45) is 1.29. The van der Waals surface area contributed by atoms with Crippen molar-refractivity contribution >= 4 is 23.5 Å². The van der Waals surface area contributed by atoms with E-state index in [9.17, 15) is 14.4 Å². The Morgan fingerprint density at radius 1 is 1.27 bits per heavy atom. The van der Waals surface area contributed by atoms with Crippen LogP contribution >= 0.6 is 0 Å². The molecule has 1 aromatic rings. The first-order chi connectivity index (χ1) is 12.4. The minimum Gasteiger partial charge on any atom is -0.467 e. The van der Waals surface area contributed by atoms with Gasteiger partial charge in [0, 0.05) is 12.1 Å². The Balaban J connectivity index is 2.14. The van der Waals surface area contributed by atoms with E-state index in [0.29, 0.717) is 24.2 Å². The molecule has 1 heterocycles. The maximum atomic E-state index is 12.9. The summed E-state index contributed by atoms with van der Waals surface area (Å²) in [7, 11) is 1.30. The van der Waals surface area contributed by atoms with Crippen LogP contribution < -0.4 is 5.32 Å². The zero-order valence-electron chi connectivity index (χ0n) is 15.2. The van der Waals surface area contributed by atoms with Crippen LogP contribution in [0.2, 0.25) is 0 Å². The van der Waals surface area contributed by atoms with Crippen LogP contribution in [-0.2, 0) is 14.3 Å². The fourth-order valence-electron chi connectivity index (χ4n) is 3.02. The summed E-state index contributed by atoms with van der Waals surface area (Å²) in [4.78, 5) is 42.1. The van der Waals surface area contributed by atoms with E-state index >= 15 is 0 Å². The van der Waals surface area contributed by atoms with E-state index in [1.165, 1.54) is 12.0 Å². The second-order valence-corrected chi connectivity index (χ2v) is 6.57. The van der Waals surface area contributed by atoms with Crippen LogP contribution in [0.5, 0.6) is 0 Å². The average Bonchev–Trinajstić information content (AvgIpc) is 3.14. The first-order valence-corrected chi connectivity index (χ1v) is 8.55. The minimum absolute atomic E-state index is 0.145. The number of methoxy groups -OCH3 is 1. The summed E-state index contributed by atoms with van der Waals surface area (Å²) in [5.74, 6) is -1.24. The van der Waals surface area contributed by atoms with Crippen molar-refractivity contribution in [3.63, 3.8) is 0 Å². The molecule has 0 radical (unpaired) electrons. The lowest BCUT2D eigenvalue weighted by atomic mass is 10.0. The topological polar surface area (TPSA) is 80.1 Å². The van der Waals surface area contributed by atoms with Crippen molar-refractivity contribution in [3.8, 4) is 0 Å². The number of nitrogens with zero attached hydrogens (tertiary/aromatic N) is 2. The first kappa shape index (κ1) is 19.4. The molecule has 2 atom stereocenters. The van der Waals surface area contributed by atoms with E-state index in [2.05, 4.69) is 10.2 Å². The molecule has 2 amide bonds. The molecule has 0 aliphatic carbocycles. The SMILES string of the molecule is [C-]#[N+]c1ccc(C(=O)N[C@H](C(=O)N2CCC[C@H]2C(=O)OC)C(C)C)cc1. The number of amides is 2. The second-order valence-electron chi connectivity index (χ2n) is 6.57. The molecule has 1 fully saturated rings. The zero-order chi connectivity index (χ0) is 19.3. The smallest absolute Gasteiger partial charge is 0.328 e. The molecule has 1 aliphatic rings. The van der Waals surface area contributed by atoms with E-state index in [0.717, 1.165) is 6.42 Å². The number of carbonyl (C=O) groups is 3. The number of likely N-dealkylation sites (tertiary alicyclic amines) is 1. The van der Waals surface area contributed by atoms with Crippen LogP contribution in [0, 0.1) is 12.5 Å². The molecule has 0 spiro atoms. The summed E-state index contributed by atoms with van der Waals surface area (Å²) < 4.78 is 4.78. The Morgan fingerprint density at radius 3 is 2.46 bits per heavy atom. The highest BCUT2D eigenvalue weighted by Gasteiger charge is 2.39. The fraction of sp³-hybridized carbons (Fsp3) is 0.474. The van der Waals surface area contributed by atoms with Gasteiger partial charge in [-0.1, -0.05) is 38.1 Å². The number of nitrogens with one attached hydrogen (secondary N) is 1. The van der Waals surface area contributed by atoms with Crippen molar-refractivity contribution in [2.75, 3.05) is 13.7 Å². The van der Waals surface area contributed by atoms with E-state index in [4.69, 9.17) is 11.3 Å². The van der Waals surface area contributed by atoms with Gasteiger partial charge in [0.25, 0.3) is 5.91 Å². The second kappa shape index (κ2) is 8.48. The Bertz CT molecular complexity index is 721. The van der Waals surface area contributed by atoms with Gasteiger partial charge in [0.1, 0.15) is 12.1 Å². The maximum absolute atomic E-state index is 12.9. The van der Waals surface area contributed by atoms with Crippen LogP contribution in [0.3, 0.4) is 0 Å². The highest BCUT2D eigenvalue weighted by atomic mass is 16.5. The van der Waals surface area contributed by atoms with E-state index < -0.39 is 18.1 Å². The van der Waals surface area contributed by atoms with E-state index in [1.54, 1.807) is 24.3 Å². The molecule has 0 unspecified atom stereocenters. The summed E-state index contributed by atoms with van der Waals surface area (Å²) in [6, 6.07) is 4.89. The van der Waals surface area contributed by atoms with Crippen molar-refractivity contribution in [3.05, 3.63) is 41.2 Å². The highest BCUT2D eigenvalue weighted by Crippen LogP contribution is 2.21. The van der Waals surface area contributed by atoms with E-state index in [-0.39, 0.29) is 17.7 Å². The number of benzene rings is 1. The molecule has 0 saturated carbocycles. The monoisotopic (exact) mass is 357 g/mol. The Hall–Kier alpha value is -2.88. The van der Waals surface area contributed by atoms with Crippen molar-refractivity contribution < 1.29 is 19.1 Å². The van der Waals surface area contributed by atoms with Crippen molar-refractivity contribution in [2.24, 2.45) is 5.92 Å². The fourth-order valence-corrected chi connectivity index (χ4v) is 3.02. The zero-order valence-corrected chi connectivity index (χ0v) is 15.2. The molecule has 26 heavy (non-hydrogen) atoms. The van der Waals surface area contributed by atoms with Gasteiger partial charge in [0.15, 0.2) is 5.69 Å². The molecule has 7 heteroatoms. The number of esters is 1. The Morgan fingerprint density at radius 2 is 1.92 bits per heavy atom. The number of carbonyl (C=O) groups excluding carboxylic acids is 3. The van der Waals surface area contributed by atoms with Gasteiger partial charge in [-0.15, -0.1) is 0 Å². The number of ether oxygens (including phenoxy) is 1. The predicted octanol–water partition coefficient (Wildman–Crippen LogP) is 2.16. The number of rotatable bonds is 5. The van der Waals surface area contributed by atoms with Gasteiger partial charge in [-0.3, -0.25) is 9.59 Å². The average molecular weight is 357 g/mol. The molecule has 2 rings (SSSR count). The van der Waals surface area contributed by atoms with Gasteiger partial charge < -0.3 is 15.0 Å². The molecule has 1 N–H and O–H groups in total. The Labute approximate surface area is 153 Å². The quantitative estimate of drug-likeness (QED) is 0.647. The minimum atomic E-state index is -0.742. The van der Waals surface area contributed by atoms with Crippen LogP contribution in [0.1, 0.15) is 37.0 Å². The third kappa shape index (κ3) is 4.20. The van der Waals surface area contributed by atoms with Gasteiger partial charge in [0.05, 0.1) is 13.7 Å². The van der Waals surface area contributed by atoms with Crippen molar-refractivity contribution in [2.45, 2.75) is 38.8 Å². The molecule has 7 nitrogen and oxygen atoms in total. The maximum Gasteiger partial charge on any atom is 0.328 e. The number of hydrogen-bond acceptors (Lipinski definition) is 4. The normalized spacial score (nSPS) is 17.5. The third-order valence-electron chi connectivity index (χ3n) is 4.49. The molecule has 0 aromatic heterocycles. The van der Waals surface area contributed by atoms with Gasteiger partial charge in [0.2, 0.25) is 5.91 Å². The summed E-state index contributed by atoms with van der Waals surface area (Å²) in [6.45, 7) is 11.1. The predicted molar refractivity (Wildman–Crippen MR) is 95.5 cm³/mol. The van der Waals surface area contributed by atoms with Crippen LogP contribution in [0.25, 0.3) is 4.85 Å². The largest absolute Gasteiger partial charge is 0.467 e. The van der Waals surface area contributed by atoms with Gasteiger partial charge in [-0.2, -0.15) is 0 Å².